The zero-order chi connectivity index (χ0) is 15.7. The van der Waals surface area contributed by atoms with Gasteiger partial charge >= 0.3 is 5.97 Å². The average molecular weight is 290 g/mol. The summed E-state index contributed by atoms with van der Waals surface area (Å²) in [5, 5.41) is 13.7. The van der Waals surface area contributed by atoms with Crippen LogP contribution in [0.15, 0.2) is 36.4 Å². The lowest BCUT2D eigenvalue weighted by Gasteiger charge is -2.06. The Labute approximate surface area is 122 Å². The summed E-state index contributed by atoms with van der Waals surface area (Å²) in [6.07, 6.45) is 3.61. The Morgan fingerprint density at radius 3 is 2.38 bits per heavy atom. The topological polar surface area (TPSA) is 95.5 Å². The minimum Gasteiger partial charge on any atom is -0.478 e. The number of carboxylic acid groups (broad SMARTS) is 1. The number of aliphatic carboxylic acids is 1. The van der Waals surface area contributed by atoms with E-state index in [0.29, 0.717) is 17.8 Å². The number of anilines is 1. The molecule has 0 saturated carbocycles. The molecule has 0 bridgehead atoms. The number of benzene rings is 1. The number of carbonyl (C=O) groups excluding carboxylic acids is 2. The molecule has 0 unspecified atom stereocenters. The third kappa shape index (κ3) is 6.38. The SMILES string of the molecule is CCCCNC(=O)c1ccc(NC(=O)/C=C/C(=O)O)cc1. The van der Waals surface area contributed by atoms with Crippen molar-refractivity contribution in [1.29, 1.82) is 0 Å². The first kappa shape index (κ1) is 16.4. The van der Waals surface area contributed by atoms with Gasteiger partial charge in [0, 0.05) is 29.9 Å². The molecule has 0 spiro atoms. The van der Waals surface area contributed by atoms with Crippen molar-refractivity contribution in [1.82, 2.24) is 5.32 Å². The van der Waals surface area contributed by atoms with Crippen molar-refractivity contribution in [3.8, 4) is 0 Å². The van der Waals surface area contributed by atoms with E-state index in [4.69, 9.17) is 5.11 Å². The molecule has 6 heteroatoms. The van der Waals surface area contributed by atoms with Gasteiger partial charge in [-0.25, -0.2) is 4.79 Å². The van der Waals surface area contributed by atoms with Crippen LogP contribution in [0.3, 0.4) is 0 Å². The summed E-state index contributed by atoms with van der Waals surface area (Å²) < 4.78 is 0. The standard InChI is InChI=1S/C15H18N2O4/c1-2-3-10-16-15(21)11-4-6-12(7-5-11)17-13(18)8-9-14(19)20/h4-9H,2-3,10H2,1H3,(H,16,21)(H,17,18)(H,19,20)/b9-8+. The highest BCUT2D eigenvalue weighted by molar-refractivity contribution is 6.02. The molecule has 21 heavy (non-hydrogen) atoms. The molecule has 6 nitrogen and oxygen atoms in total. The van der Waals surface area contributed by atoms with Crippen molar-refractivity contribution in [2.24, 2.45) is 0 Å². The first-order valence-corrected chi connectivity index (χ1v) is 6.63. The number of carbonyl (C=O) groups is 3. The van der Waals surface area contributed by atoms with Crippen molar-refractivity contribution in [3.05, 3.63) is 42.0 Å². The summed E-state index contributed by atoms with van der Waals surface area (Å²) >= 11 is 0. The Morgan fingerprint density at radius 1 is 1.14 bits per heavy atom. The van der Waals surface area contributed by atoms with Gasteiger partial charge in [-0.2, -0.15) is 0 Å². The predicted molar refractivity (Wildman–Crippen MR) is 79.1 cm³/mol. The fraction of sp³-hybridized carbons (Fsp3) is 0.267. The molecule has 3 N–H and O–H groups in total. The van der Waals surface area contributed by atoms with Crippen LogP contribution in [0.4, 0.5) is 5.69 Å². The molecule has 0 aliphatic carbocycles. The highest BCUT2D eigenvalue weighted by Crippen LogP contribution is 2.09. The quantitative estimate of drug-likeness (QED) is 0.527. The van der Waals surface area contributed by atoms with Crippen LogP contribution in [-0.4, -0.2) is 29.4 Å². The molecule has 0 aromatic heterocycles. The van der Waals surface area contributed by atoms with E-state index < -0.39 is 11.9 Å². The molecule has 0 fully saturated rings. The minimum atomic E-state index is -1.19. The van der Waals surface area contributed by atoms with Crippen molar-refractivity contribution in [2.45, 2.75) is 19.8 Å². The van der Waals surface area contributed by atoms with Crippen molar-refractivity contribution < 1.29 is 19.5 Å². The second-order valence-electron chi connectivity index (χ2n) is 4.35. The Balaban J connectivity index is 2.55. The molecule has 0 aliphatic rings. The molecular formula is C15H18N2O4. The lowest BCUT2D eigenvalue weighted by molar-refractivity contribution is -0.131. The van der Waals surface area contributed by atoms with E-state index in [9.17, 15) is 14.4 Å². The lowest BCUT2D eigenvalue weighted by atomic mass is 10.2. The van der Waals surface area contributed by atoms with Gasteiger partial charge in [-0.3, -0.25) is 9.59 Å². The van der Waals surface area contributed by atoms with Gasteiger partial charge in [0.05, 0.1) is 0 Å². The normalized spacial score (nSPS) is 10.3. The lowest BCUT2D eigenvalue weighted by Crippen LogP contribution is -2.24. The summed E-state index contributed by atoms with van der Waals surface area (Å²) in [6, 6.07) is 6.36. The van der Waals surface area contributed by atoms with E-state index in [0.717, 1.165) is 25.0 Å². The van der Waals surface area contributed by atoms with Crippen LogP contribution in [0, 0.1) is 0 Å². The van der Waals surface area contributed by atoms with Crippen LogP contribution in [0.5, 0.6) is 0 Å². The monoisotopic (exact) mass is 290 g/mol. The van der Waals surface area contributed by atoms with Crippen molar-refractivity contribution >= 4 is 23.5 Å². The van der Waals surface area contributed by atoms with Gasteiger partial charge in [-0.1, -0.05) is 13.3 Å². The number of amides is 2. The van der Waals surface area contributed by atoms with Gasteiger partial charge in [0.25, 0.3) is 5.91 Å². The van der Waals surface area contributed by atoms with Crippen LogP contribution in [-0.2, 0) is 9.59 Å². The largest absolute Gasteiger partial charge is 0.478 e. The molecule has 0 aliphatic heterocycles. The molecule has 1 rings (SSSR count). The predicted octanol–water partition coefficient (Wildman–Crippen LogP) is 1.80. The fourth-order valence-electron chi connectivity index (χ4n) is 1.52. The number of unbranched alkanes of at least 4 members (excludes halogenated alkanes) is 1. The zero-order valence-electron chi connectivity index (χ0n) is 11.8. The summed E-state index contributed by atoms with van der Waals surface area (Å²) in [5.41, 5.74) is 0.991. The van der Waals surface area contributed by atoms with Gasteiger partial charge in [0.2, 0.25) is 5.91 Å². The number of nitrogens with one attached hydrogen (secondary N) is 2. The maximum atomic E-state index is 11.8. The zero-order valence-corrected chi connectivity index (χ0v) is 11.8. The molecule has 2 amide bonds. The highest BCUT2D eigenvalue weighted by Gasteiger charge is 2.05. The molecule has 1 aromatic rings. The van der Waals surface area contributed by atoms with Gasteiger partial charge in [0.15, 0.2) is 0 Å². The Morgan fingerprint density at radius 2 is 1.81 bits per heavy atom. The van der Waals surface area contributed by atoms with Crippen LogP contribution >= 0.6 is 0 Å². The number of hydrogen-bond acceptors (Lipinski definition) is 3. The van der Waals surface area contributed by atoms with E-state index in [2.05, 4.69) is 10.6 Å². The van der Waals surface area contributed by atoms with Crippen molar-refractivity contribution in [3.63, 3.8) is 0 Å². The van der Waals surface area contributed by atoms with Gasteiger partial charge in [-0.05, 0) is 30.7 Å². The first-order chi connectivity index (χ1) is 10.0. The minimum absolute atomic E-state index is 0.160. The number of rotatable bonds is 7. The summed E-state index contributed by atoms with van der Waals surface area (Å²) in [5.74, 6) is -1.89. The molecule has 0 atom stereocenters. The number of hydrogen-bond donors (Lipinski definition) is 3. The molecule has 0 heterocycles. The van der Waals surface area contributed by atoms with E-state index in [1.165, 1.54) is 0 Å². The third-order valence-electron chi connectivity index (χ3n) is 2.61. The van der Waals surface area contributed by atoms with E-state index in [1.54, 1.807) is 24.3 Å². The molecule has 1 aromatic carbocycles. The Bertz CT molecular complexity index is 535. The Hall–Kier alpha value is -2.63. The molecular weight excluding hydrogens is 272 g/mol. The molecule has 112 valence electrons. The van der Waals surface area contributed by atoms with Crippen molar-refractivity contribution in [2.75, 3.05) is 11.9 Å². The van der Waals surface area contributed by atoms with Gasteiger partial charge in [0.1, 0.15) is 0 Å². The van der Waals surface area contributed by atoms with E-state index in [1.807, 2.05) is 6.92 Å². The second kappa shape index (κ2) is 8.52. The number of carboxylic acids is 1. The van der Waals surface area contributed by atoms with E-state index >= 15 is 0 Å². The smallest absolute Gasteiger partial charge is 0.328 e. The van der Waals surface area contributed by atoms with Crippen LogP contribution < -0.4 is 10.6 Å². The fourth-order valence-corrected chi connectivity index (χ4v) is 1.52. The average Bonchev–Trinajstić information content (AvgIpc) is 2.46. The van der Waals surface area contributed by atoms with Gasteiger partial charge in [-0.15, -0.1) is 0 Å². The molecule has 0 saturated heterocycles. The van der Waals surface area contributed by atoms with Gasteiger partial charge < -0.3 is 15.7 Å². The maximum Gasteiger partial charge on any atom is 0.328 e. The van der Waals surface area contributed by atoms with Crippen LogP contribution in [0.2, 0.25) is 0 Å². The summed E-state index contributed by atoms with van der Waals surface area (Å²) in [6.45, 7) is 2.68. The second-order valence-corrected chi connectivity index (χ2v) is 4.35. The highest BCUT2D eigenvalue weighted by atomic mass is 16.4. The summed E-state index contributed by atoms with van der Waals surface area (Å²) in [7, 11) is 0. The van der Waals surface area contributed by atoms with E-state index in [-0.39, 0.29) is 5.91 Å². The third-order valence-corrected chi connectivity index (χ3v) is 2.61. The van der Waals surface area contributed by atoms with Crippen LogP contribution in [0.25, 0.3) is 0 Å². The maximum absolute atomic E-state index is 11.8. The first-order valence-electron chi connectivity index (χ1n) is 6.63. The van der Waals surface area contributed by atoms with Crippen LogP contribution in [0.1, 0.15) is 30.1 Å². The molecule has 0 radical (unpaired) electrons. The summed E-state index contributed by atoms with van der Waals surface area (Å²) in [4.78, 5) is 33.4. The Kier molecular flexibility index (Phi) is 6.67.